The third kappa shape index (κ3) is 3.56. The quantitative estimate of drug-likeness (QED) is 0.896. The summed E-state index contributed by atoms with van der Waals surface area (Å²) < 4.78 is 41.0. The van der Waals surface area contributed by atoms with Gasteiger partial charge in [-0.2, -0.15) is 0 Å². The Kier molecular flexibility index (Phi) is 4.78. The van der Waals surface area contributed by atoms with E-state index in [1.807, 2.05) is 0 Å². The Morgan fingerprint density at radius 2 is 1.90 bits per heavy atom. The molecule has 2 rings (SSSR count). The van der Waals surface area contributed by atoms with Crippen molar-refractivity contribution >= 4 is 10.0 Å². The van der Waals surface area contributed by atoms with E-state index in [9.17, 15) is 12.8 Å². The Balaban J connectivity index is 2.26. The minimum absolute atomic E-state index is 0.105. The van der Waals surface area contributed by atoms with E-state index in [4.69, 9.17) is 0 Å². The second kappa shape index (κ2) is 6.20. The van der Waals surface area contributed by atoms with Crippen LogP contribution < -0.4 is 10.0 Å². The van der Waals surface area contributed by atoms with Gasteiger partial charge in [0.2, 0.25) is 10.0 Å². The number of benzene rings is 1. The molecule has 4 nitrogen and oxygen atoms in total. The molecule has 112 valence electrons. The van der Waals surface area contributed by atoms with Gasteiger partial charge in [-0.3, -0.25) is 0 Å². The van der Waals surface area contributed by atoms with E-state index in [0.717, 1.165) is 25.8 Å². The molecule has 20 heavy (non-hydrogen) atoms. The van der Waals surface area contributed by atoms with Crippen molar-refractivity contribution in [3.63, 3.8) is 0 Å². The second-order valence-corrected chi connectivity index (χ2v) is 7.04. The Morgan fingerprint density at radius 3 is 2.55 bits per heavy atom. The minimum atomic E-state index is -3.61. The van der Waals surface area contributed by atoms with Crippen molar-refractivity contribution in [1.82, 2.24) is 10.0 Å². The molecular weight excluding hydrogens is 279 g/mol. The average molecular weight is 300 g/mol. The standard InChI is InChI=1S/C14H21FN2O2S/c1-10-7-12(15)8-11(2)14(10)20(18,19)17-13-5-3-4-6-16-9-13/h7-8,13,16-17H,3-6,9H2,1-2H3. The summed E-state index contributed by atoms with van der Waals surface area (Å²) in [5.41, 5.74) is 0.883. The van der Waals surface area contributed by atoms with Crippen LogP contribution in [0.1, 0.15) is 30.4 Å². The summed E-state index contributed by atoms with van der Waals surface area (Å²) in [5.74, 6) is -0.407. The first kappa shape index (κ1) is 15.4. The summed E-state index contributed by atoms with van der Waals surface area (Å²) >= 11 is 0. The lowest BCUT2D eigenvalue weighted by atomic mass is 10.1. The van der Waals surface area contributed by atoms with Gasteiger partial charge in [0.1, 0.15) is 5.82 Å². The Labute approximate surface area is 119 Å². The molecule has 0 saturated carbocycles. The van der Waals surface area contributed by atoms with Gasteiger partial charge in [-0.15, -0.1) is 0 Å². The fourth-order valence-corrected chi connectivity index (χ4v) is 4.44. The molecular formula is C14H21FN2O2S. The number of sulfonamides is 1. The number of hydrogen-bond acceptors (Lipinski definition) is 3. The van der Waals surface area contributed by atoms with Gasteiger partial charge in [-0.1, -0.05) is 6.42 Å². The van der Waals surface area contributed by atoms with Crippen LogP contribution in [0.25, 0.3) is 0 Å². The van der Waals surface area contributed by atoms with Gasteiger partial charge in [0.25, 0.3) is 0 Å². The normalized spacial score (nSPS) is 20.6. The van der Waals surface area contributed by atoms with Crippen LogP contribution in [0.4, 0.5) is 4.39 Å². The second-order valence-electron chi connectivity index (χ2n) is 5.39. The van der Waals surface area contributed by atoms with Crippen LogP contribution in [0.2, 0.25) is 0 Å². The van der Waals surface area contributed by atoms with Crippen molar-refractivity contribution in [3.05, 3.63) is 29.1 Å². The SMILES string of the molecule is Cc1cc(F)cc(C)c1S(=O)(=O)NC1CCCCNC1. The Bertz CT molecular complexity index is 556. The van der Waals surface area contributed by atoms with Gasteiger partial charge in [0.05, 0.1) is 4.90 Å². The molecule has 1 saturated heterocycles. The zero-order valence-electron chi connectivity index (χ0n) is 11.9. The van der Waals surface area contributed by atoms with Gasteiger partial charge in [-0.05, 0) is 56.5 Å². The first-order chi connectivity index (χ1) is 9.40. The van der Waals surface area contributed by atoms with E-state index in [0.29, 0.717) is 17.7 Å². The van der Waals surface area contributed by atoms with E-state index >= 15 is 0 Å². The molecule has 1 aliphatic rings. The predicted molar refractivity (Wildman–Crippen MR) is 76.7 cm³/mol. The molecule has 0 amide bonds. The van der Waals surface area contributed by atoms with E-state index in [1.54, 1.807) is 13.8 Å². The summed E-state index contributed by atoms with van der Waals surface area (Å²) in [7, 11) is -3.61. The molecule has 0 spiro atoms. The lowest BCUT2D eigenvalue weighted by molar-refractivity contribution is 0.520. The lowest BCUT2D eigenvalue weighted by Crippen LogP contribution is -2.41. The molecule has 1 fully saturated rings. The van der Waals surface area contributed by atoms with Crippen molar-refractivity contribution in [3.8, 4) is 0 Å². The third-order valence-corrected chi connectivity index (χ3v) is 5.39. The van der Waals surface area contributed by atoms with Crippen molar-refractivity contribution in [1.29, 1.82) is 0 Å². The van der Waals surface area contributed by atoms with E-state index in [1.165, 1.54) is 12.1 Å². The predicted octanol–water partition coefficient (Wildman–Crippen LogP) is 1.86. The maximum absolute atomic E-state index is 13.3. The zero-order valence-corrected chi connectivity index (χ0v) is 12.7. The Morgan fingerprint density at radius 1 is 1.25 bits per heavy atom. The van der Waals surface area contributed by atoms with Crippen molar-refractivity contribution in [2.24, 2.45) is 0 Å². The topological polar surface area (TPSA) is 58.2 Å². The van der Waals surface area contributed by atoms with Crippen LogP contribution in [0.5, 0.6) is 0 Å². The molecule has 0 aromatic heterocycles. The van der Waals surface area contributed by atoms with Crippen molar-refractivity contribution in [2.45, 2.75) is 44.0 Å². The smallest absolute Gasteiger partial charge is 0.241 e. The highest BCUT2D eigenvalue weighted by Crippen LogP contribution is 2.22. The number of hydrogen-bond donors (Lipinski definition) is 2. The van der Waals surface area contributed by atoms with Crippen LogP contribution in [-0.2, 0) is 10.0 Å². The summed E-state index contributed by atoms with van der Waals surface area (Å²) in [6, 6.07) is 2.41. The molecule has 1 atom stereocenters. The van der Waals surface area contributed by atoms with Crippen LogP contribution in [0.15, 0.2) is 17.0 Å². The number of halogens is 1. The van der Waals surface area contributed by atoms with E-state index < -0.39 is 15.8 Å². The van der Waals surface area contributed by atoms with Crippen molar-refractivity contribution in [2.75, 3.05) is 13.1 Å². The van der Waals surface area contributed by atoms with Crippen molar-refractivity contribution < 1.29 is 12.8 Å². The van der Waals surface area contributed by atoms with Gasteiger partial charge < -0.3 is 5.32 Å². The molecule has 1 aliphatic heterocycles. The molecule has 2 N–H and O–H groups in total. The molecule has 6 heteroatoms. The summed E-state index contributed by atoms with van der Waals surface area (Å²) in [5, 5.41) is 3.22. The lowest BCUT2D eigenvalue weighted by Gasteiger charge is -2.18. The highest BCUT2D eigenvalue weighted by Gasteiger charge is 2.24. The first-order valence-corrected chi connectivity index (χ1v) is 8.38. The Hall–Kier alpha value is -0.980. The molecule has 1 aromatic carbocycles. The van der Waals surface area contributed by atoms with Gasteiger partial charge in [-0.25, -0.2) is 17.5 Å². The highest BCUT2D eigenvalue weighted by atomic mass is 32.2. The fourth-order valence-electron chi connectivity index (χ4n) is 2.72. The molecule has 1 unspecified atom stereocenters. The largest absolute Gasteiger partial charge is 0.315 e. The van der Waals surface area contributed by atoms with Gasteiger partial charge >= 0.3 is 0 Å². The summed E-state index contributed by atoms with van der Waals surface area (Å²) in [4.78, 5) is 0.197. The molecule has 0 radical (unpaired) electrons. The molecule has 1 aromatic rings. The highest BCUT2D eigenvalue weighted by molar-refractivity contribution is 7.89. The maximum atomic E-state index is 13.3. The number of nitrogens with one attached hydrogen (secondary N) is 2. The maximum Gasteiger partial charge on any atom is 0.241 e. The summed E-state index contributed by atoms with van der Waals surface area (Å²) in [6.07, 6.45) is 2.89. The van der Waals surface area contributed by atoms with Crippen LogP contribution in [0.3, 0.4) is 0 Å². The summed E-state index contributed by atoms with van der Waals surface area (Å²) in [6.45, 7) is 4.80. The van der Waals surface area contributed by atoms with Crippen LogP contribution in [-0.4, -0.2) is 27.5 Å². The first-order valence-electron chi connectivity index (χ1n) is 6.90. The van der Waals surface area contributed by atoms with Crippen LogP contribution in [0, 0.1) is 19.7 Å². The number of rotatable bonds is 3. The van der Waals surface area contributed by atoms with E-state index in [2.05, 4.69) is 10.0 Å². The van der Waals surface area contributed by atoms with Gasteiger partial charge in [0, 0.05) is 12.6 Å². The monoisotopic (exact) mass is 300 g/mol. The average Bonchev–Trinajstić information content (AvgIpc) is 2.54. The van der Waals surface area contributed by atoms with E-state index in [-0.39, 0.29) is 10.9 Å². The molecule has 0 bridgehead atoms. The number of aryl methyl sites for hydroxylation is 2. The zero-order chi connectivity index (χ0) is 14.8. The fraction of sp³-hybridized carbons (Fsp3) is 0.571. The minimum Gasteiger partial charge on any atom is -0.315 e. The third-order valence-electron chi connectivity index (χ3n) is 3.56. The van der Waals surface area contributed by atoms with Gasteiger partial charge in [0.15, 0.2) is 0 Å². The molecule has 1 heterocycles. The molecule has 0 aliphatic carbocycles. The van der Waals surface area contributed by atoms with Crippen LogP contribution >= 0.6 is 0 Å².